The summed E-state index contributed by atoms with van der Waals surface area (Å²) in [6.45, 7) is 7.14. The average Bonchev–Trinajstić information content (AvgIpc) is 3.07. The van der Waals surface area contributed by atoms with Gasteiger partial charge in [-0.1, -0.05) is 86.2 Å². The average molecular weight is 286 g/mol. The zero-order valence-corrected chi connectivity index (χ0v) is 13.5. The molecule has 22 heavy (non-hydrogen) atoms. The van der Waals surface area contributed by atoms with Gasteiger partial charge in [0.2, 0.25) is 0 Å². The normalized spacial score (nSPS) is 22.4. The van der Waals surface area contributed by atoms with Gasteiger partial charge in [0.15, 0.2) is 0 Å². The van der Waals surface area contributed by atoms with E-state index in [1.54, 1.807) is 0 Å². The van der Waals surface area contributed by atoms with Crippen molar-refractivity contribution in [1.82, 2.24) is 0 Å². The molecule has 2 aliphatic rings. The number of benzene rings is 2. The van der Waals surface area contributed by atoms with Gasteiger partial charge in [0.05, 0.1) is 0 Å². The Morgan fingerprint density at radius 2 is 1.45 bits per heavy atom. The first kappa shape index (κ1) is 13.6. The smallest absolute Gasteiger partial charge is 0.0115 e. The molecule has 0 saturated heterocycles. The SMILES string of the molecule is CC1=Cc2ccccc2C1C(C)(C)C1C=Cc2ccccc21. The predicted molar refractivity (Wildman–Crippen MR) is 94.8 cm³/mol. The van der Waals surface area contributed by atoms with Crippen molar-refractivity contribution in [2.75, 3.05) is 0 Å². The molecule has 4 rings (SSSR count). The van der Waals surface area contributed by atoms with Gasteiger partial charge >= 0.3 is 0 Å². The topological polar surface area (TPSA) is 0 Å². The second kappa shape index (κ2) is 4.71. The molecule has 2 aliphatic carbocycles. The standard InChI is InChI=1S/C22H22/c1-15-14-17-9-5-7-11-19(17)21(15)22(2,3)20-13-12-16-8-4-6-10-18(16)20/h4-14,20-21H,1-3H3. The molecule has 0 nitrogen and oxygen atoms in total. The molecular weight excluding hydrogens is 264 g/mol. The lowest BCUT2D eigenvalue weighted by molar-refractivity contribution is 0.283. The second-order valence-corrected chi connectivity index (χ2v) is 7.24. The Morgan fingerprint density at radius 3 is 2.23 bits per heavy atom. The van der Waals surface area contributed by atoms with Crippen molar-refractivity contribution in [1.29, 1.82) is 0 Å². The largest absolute Gasteiger partial charge is 0.0758 e. The summed E-state index contributed by atoms with van der Waals surface area (Å²) in [6.07, 6.45) is 7.06. The molecule has 2 unspecified atom stereocenters. The predicted octanol–water partition coefficient (Wildman–Crippen LogP) is 6.02. The first-order valence-corrected chi connectivity index (χ1v) is 8.13. The maximum Gasteiger partial charge on any atom is 0.0115 e. The fourth-order valence-corrected chi connectivity index (χ4v) is 4.54. The molecule has 0 spiro atoms. The van der Waals surface area contributed by atoms with Crippen molar-refractivity contribution in [3.8, 4) is 0 Å². The molecule has 0 aromatic heterocycles. The van der Waals surface area contributed by atoms with Crippen LogP contribution >= 0.6 is 0 Å². The van der Waals surface area contributed by atoms with Crippen molar-refractivity contribution in [2.24, 2.45) is 5.41 Å². The first-order valence-electron chi connectivity index (χ1n) is 8.13. The van der Waals surface area contributed by atoms with E-state index in [0.717, 1.165) is 0 Å². The Labute approximate surface area is 133 Å². The van der Waals surface area contributed by atoms with Crippen LogP contribution in [-0.4, -0.2) is 0 Å². The van der Waals surface area contributed by atoms with Crippen molar-refractivity contribution in [3.05, 3.63) is 82.4 Å². The van der Waals surface area contributed by atoms with Gasteiger partial charge in [-0.05, 0) is 34.6 Å². The molecule has 2 atom stereocenters. The lowest BCUT2D eigenvalue weighted by Crippen LogP contribution is -2.28. The fraction of sp³-hybridized carbons (Fsp3) is 0.273. The highest BCUT2D eigenvalue weighted by atomic mass is 14.5. The van der Waals surface area contributed by atoms with Crippen LogP contribution in [0.1, 0.15) is 54.9 Å². The summed E-state index contributed by atoms with van der Waals surface area (Å²) in [5.41, 5.74) is 7.40. The van der Waals surface area contributed by atoms with Crippen LogP contribution in [0.5, 0.6) is 0 Å². The quantitative estimate of drug-likeness (QED) is 0.633. The monoisotopic (exact) mass is 286 g/mol. The van der Waals surface area contributed by atoms with Crippen LogP contribution in [-0.2, 0) is 0 Å². The van der Waals surface area contributed by atoms with E-state index in [9.17, 15) is 0 Å². The number of fused-ring (bicyclic) bond motifs is 2. The molecule has 0 bridgehead atoms. The van der Waals surface area contributed by atoms with Gasteiger partial charge in [0, 0.05) is 11.8 Å². The lowest BCUT2D eigenvalue weighted by atomic mass is 9.64. The van der Waals surface area contributed by atoms with Gasteiger partial charge in [-0.3, -0.25) is 0 Å². The molecule has 0 saturated carbocycles. The highest BCUT2D eigenvalue weighted by molar-refractivity contribution is 5.68. The van der Waals surface area contributed by atoms with Gasteiger partial charge < -0.3 is 0 Å². The maximum absolute atomic E-state index is 2.42. The van der Waals surface area contributed by atoms with E-state index >= 15 is 0 Å². The summed E-state index contributed by atoms with van der Waals surface area (Å²) in [4.78, 5) is 0. The highest BCUT2D eigenvalue weighted by Gasteiger charge is 2.42. The van der Waals surface area contributed by atoms with Crippen LogP contribution in [0.25, 0.3) is 12.2 Å². The Morgan fingerprint density at radius 1 is 0.818 bits per heavy atom. The van der Waals surface area contributed by atoms with Crippen molar-refractivity contribution >= 4 is 12.2 Å². The second-order valence-electron chi connectivity index (χ2n) is 7.24. The van der Waals surface area contributed by atoms with Gasteiger partial charge in [0.1, 0.15) is 0 Å². The zero-order valence-electron chi connectivity index (χ0n) is 13.5. The van der Waals surface area contributed by atoms with Crippen LogP contribution < -0.4 is 0 Å². The minimum absolute atomic E-state index is 0.163. The third kappa shape index (κ3) is 1.83. The first-order chi connectivity index (χ1) is 10.6. The van der Waals surface area contributed by atoms with Crippen LogP contribution in [0.4, 0.5) is 0 Å². The van der Waals surface area contributed by atoms with E-state index in [4.69, 9.17) is 0 Å². The molecule has 110 valence electrons. The van der Waals surface area contributed by atoms with Crippen molar-refractivity contribution in [2.45, 2.75) is 32.6 Å². The van der Waals surface area contributed by atoms with Gasteiger partial charge in [-0.2, -0.15) is 0 Å². The van der Waals surface area contributed by atoms with E-state index < -0.39 is 0 Å². The molecule has 0 aliphatic heterocycles. The van der Waals surface area contributed by atoms with E-state index in [0.29, 0.717) is 11.8 Å². The number of rotatable bonds is 2. The fourth-order valence-electron chi connectivity index (χ4n) is 4.54. The minimum atomic E-state index is 0.163. The number of hydrogen-bond acceptors (Lipinski definition) is 0. The van der Waals surface area contributed by atoms with Crippen LogP contribution in [0, 0.1) is 5.41 Å². The molecule has 2 aromatic carbocycles. The summed E-state index contributed by atoms with van der Waals surface area (Å²) in [7, 11) is 0. The number of allylic oxidation sites excluding steroid dienone is 2. The van der Waals surface area contributed by atoms with E-state index in [-0.39, 0.29) is 5.41 Å². The van der Waals surface area contributed by atoms with Crippen LogP contribution in [0.2, 0.25) is 0 Å². The molecule has 0 amide bonds. The number of hydrogen-bond donors (Lipinski definition) is 0. The zero-order chi connectivity index (χ0) is 15.3. The molecule has 0 radical (unpaired) electrons. The maximum atomic E-state index is 2.42. The van der Waals surface area contributed by atoms with Crippen molar-refractivity contribution in [3.63, 3.8) is 0 Å². The van der Waals surface area contributed by atoms with Gasteiger partial charge in [-0.25, -0.2) is 0 Å². The Bertz CT molecular complexity index is 789. The molecular formula is C22H22. The Balaban J connectivity index is 1.80. The van der Waals surface area contributed by atoms with Crippen molar-refractivity contribution < 1.29 is 0 Å². The van der Waals surface area contributed by atoms with Crippen LogP contribution in [0.15, 0.2) is 60.2 Å². The highest BCUT2D eigenvalue weighted by Crippen LogP contribution is 2.55. The molecule has 0 N–H and O–H groups in total. The van der Waals surface area contributed by atoms with Crippen LogP contribution in [0.3, 0.4) is 0 Å². The summed E-state index contributed by atoms with van der Waals surface area (Å²) < 4.78 is 0. The summed E-state index contributed by atoms with van der Waals surface area (Å²) in [6, 6.07) is 17.7. The van der Waals surface area contributed by atoms with Gasteiger partial charge in [0.25, 0.3) is 0 Å². The van der Waals surface area contributed by atoms with Gasteiger partial charge in [-0.15, -0.1) is 0 Å². The molecule has 0 fully saturated rings. The third-order valence-electron chi connectivity index (χ3n) is 5.49. The minimum Gasteiger partial charge on any atom is -0.0758 e. The van der Waals surface area contributed by atoms with E-state index in [1.807, 2.05) is 0 Å². The molecule has 2 aromatic rings. The Kier molecular flexibility index (Phi) is 2.91. The summed E-state index contributed by atoms with van der Waals surface area (Å²) in [5.74, 6) is 0.965. The molecule has 0 heteroatoms. The van der Waals surface area contributed by atoms with E-state index in [2.05, 4.69) is 87.5 Å². The lowest BCUT2D eigenvalue weighted by Gasteiger charge is -2.39. The summed E-state index contributed by atoms with van der Waals surface area (Å²) >= 11 is 0. The third-order valence-corrected chi connectivity index (χ3v) is 5.49. The van der Waals surface area contributed by atoms with E-state index in [1.165, 1.54) is 27.8 Å². The Hall–Kier alpha value is -2.08. The summed E-state index contributed by atoms with van der Waals surface area (Å²) in [5, 5.41) is 0. The molecule has 0 heterocycles.